The highest BCUT2D eigenvalue weighted by molar-refractivity contribution is 5.98. The van der Waals surface area contributed by atoms with E-state index in [4.69, 9.17) is 5.73 Å². The third kappa shape index (κ3) is 3.12. The Morgan fingerprint density at radius 3 is 2.77 bits per heavy atom. The van der Waals surface area contributed by atoms with Crippen LogP contribution in [0.3, 0.4) is 0 Å². The van der Waals surface area contributed by atoms with Crippen LogP contribution in [-0.4, -0.2) is 46.7 Å². The van der Waals surface area contributed by atoms with E-state index in [9.17, 15) is 4.39 Å². The number of hydrogen-bond acceptors (Lipinski definition) is 7. The van der Waals surface area contributed by atoms with E-state index in [0.717, 1.165) is 25.1 Å². The van der Waals surface area contributed by atoms with Crippen molar-refractivity contribution < 1.29 is 4.39 Å². The fourth-order valence-electron chi connectivity index (χ4n) is 3.46. The number of halogens is 1. The second kappa shape index (κ2) is 6.95. The number of nitrogens with two attached hydrogens (primary N) is 1. The molecule has 7 nitrogen and oxygen atoms in total. The molecule has 0 amide bonds. The summed E-state index contributed by atoms with van der Waals surface area (Å²) in [6, 6.07) is 6.99. The number of aliphatic imine (C=N–C) groups is 1. The van der Waals surface area contributed by atoms with E-state index >= 15 is 0 Å². The zero-order valence-corrected chi connectivity index (χ0v) is 14.5. The maximum absolute atomic E-state index is 14.2. The van der Waals surface area contributed by atoms with Gasteiger partial charge in [-0.15, -0.1) is 10.2 Å². The van der Waals surface area contributed by atoms with Crippen molar-refractivity contribution >= 4 is 11.7 Å². The molecule has 1 aliphatic heterocycles. The average molecular weight is 355 g/mol. The molecule has 0 bridgehead atoms. The second-order valence-electron chi connectivity index (χ2n) is 6.89. The van der Waals surface area contributed by atoms with Crippen molar-refractivity contribution in [2.45, 2.75) is 30.7 Å². The standard InChI is InChI=1S/C18H22FN7/c19-13-3-1-8-21-16(13)18(6-2-7-18)11-23-15-5-4-14(25-26-15)17-22-10-12(9-20)24-17/h1,3-5,8,12H,2,6-7,9-11,20H2,(H,22,24)(H,23,26). The molecular formula is C18H22FN7. The molecule has 0 saturated heterocycles. The summed E-state index contributed by atoms with van der Waals surface area (Å²) in [6.07, 6.45) is 4.56. The molecule has 0 spiro atoms. The van der Waals surface area contributed by atoms with Crippen LogP contribution in [0.1, 0.15) is 30.7 Å². The van der Waals surface area contributed by atoms with Gasteiger partial charge in [-0.25, -0.2) is 4.39 Å². The van der Waals surface area contributed by atoms with Gasteiger partial charge in [0, 0.05) is 24.7 Å². The molecule has 0 aromatic carbocycles. The van der Waals surface area contributed by atoms with Gasteiger partial charge in [-0.2, -0.15) is 0 Å². The third-order valence-corrected chi connectivity index (χ3v) is 5.18. The van der Waals surface area contributed by atoms with Gasteiger partial charge in [0.15, 0.2) is 0 Å². The summed E-state index contributed by atoms with van der Waals surface area (Å²) >= 11 is 0. The Hall–Kier alpha value is -2.61. The molecule has 0 radical (unpaired) electrons. The van der Waals surface area contributed by atoms with Crippen molar-refractivity contribution in [3.63, 3.8) is 0 Å². The van der Waals surface area contributed by atoms with Gasteiger partial charge in [0.2, 0.25) is 0 Å². The maximum Gasteiger partial charge on any atom is 0.149 e. The molecule has 136 valence electrons. The Balaban J connectivity index is 1.43. The fourth-order valence-corrected chi connectivity index (χ4v) is 3.46. The van der Waals surface area contributed by atoms with Crippen LogP contribution in [0.5, 0.6) is 0 Å². The highest BCUT2D eigenvalue weighted by Gasteiger charge is 2.41. The largest absolute Gasteiger partial charge is 0.368 e. The molecule has 1 saturated carbocycles. The first kappa shape index (κ1) is 16.8. The van der Waals surface area contributed by atoms with E-state index in [1.165, 1.54) is 6.07 Å². The molecule has 4 N–H and O–H groups in total. The van der Waals surface area contributed by atoms with Crippen LogP contribution >= 0.6 is 0 Å². The molecular weight excluding hydrogens is 333 g/mol. The predicted molar refractivity (Wildman–Crippen MR) is 97.6 cm³/mol. The Morgan fingerprint density at radius 2 is 2.15 bits per heavy atom. The first-order chi connectivity index (χ1) is 12.7. The van der Waals surface area contributed by atoms with Gasteiger partial charge in [0.1, 0.15) is 23.2 Å². The SMILES string of the molecule is NCC1CN=C(c2ccc(NCC3(c4ncccc4F)CCC3)nn2)N1. The predicted octanol–water partition coefficient (Wildman–Crippen LogP) is 1.22. The van der Waals surface area contributed by atoms with Gasteiger partial charge in [-0.05, 0) is 37.1 Å². The molecule has 1 atom stereocenters. The zero-order chi connectivity index (χ0) is 18.0. The molecule has 2 aliphatic rings. The summed E-state index contributed by atoms with van der Waals surface area (Å²) in [5, 5.41) is 15.0. The summed E-state index contributed by atoms with van der Waals surface area (Å²) < 4.78 is 14.2. The smallest absolute Gasteiger partial charge is 0.149 e. The van der Waals surface area contributed by atoms with Crippen LogP contribution in [0.15, 0.2) is 35.5 Å². The third-order valence-electron chi connectivity index (χ3n) is 5.18. The first-order valence-corrected chi connectivity index (χ1v) is 8.90. The van der Waals surface area contributed by atoms with E-state index in [2.05, 4.69) is 30.8 Å². The van der Waals surface area contributed by atoms with Crippen LogP contribution in [0.25, 0.3) is 0 Å². The Bertz CT molecular complexity index is 801. The molecule has 3 heterocycles. The van der Waals surface area contributed by atoms with Crippen molar-refractivity contribution in [3.8, 4) is 0 Å². The van der Waals surface area contributed by atoms with Crippen molar-refractivity contribution in [1.29, 1.82) is 0 Å². The van der Waals surface area contributed by atoms with Gasteiger partial charge in [0.05, 0.1) is 18.3 Å². The van der Waals surface area contributed by atoms with E-state index in [1.807, 2.05) is 12.1 Å². The molecule has 2 aromatic rings. The highest BCUT2D eigenvalue weighted by Crippen LogP contribution is 2.43. The van der Waals surface area contributed by atoms with Crippen LogP contribution in [0.2, 0.25) is 0 Å². The summed E-state index contributed by atoms with van der Waals surface area (Å²) in [5.41, 5.74) is 6.61. The van der Waals surface area contributed by atoms with Crippen molar-refractivity contribution in [2.75, 3.05) is 25.0 Å². The number of nitrogens with one attached hydrogen (secondary N) is 2. The molecule has 2 aromatic heterocycles. The summed E-state index contributed by atoms with van der Waals surface area (Å²) in [7, 11) is 0. The Kier molecular flexibility index (Phi) is 4.50. The molecule has 8 heteroatoms. The van der Waals surface area contributed by atoms with Crippen LogP contribution in [-0.2, 0) is 5.41 Å². The van der Waals surface area contributed by atoms with Crippen molar-refractivity contribution in [1.82, 2.24) is 20.5 Å². The number of hydrogen-bond donors (Lipinski definition) is 3. The molecule has 1 unspecified atom stereocenters. The first-order valence-electron chi connectivity index (χ1n) is 8.90. The minimum Gasteiger partial charge on any atom is -0.368 e. The van der Waals surface area contributed by atoms with Crippen LogP contribution in [0.4, 0.5) is 10.2 Å². The number of pyridine rings is 1. The van der Waals surface area contributed by atoms with Gasteiger partial charge in [0.25, 0.3) is 0 Å². The molecule has 4 rings (SSSR count). The van der Waals surface area contributed by atoms with Gasteiger partial charge in [-0.3, -0.25) is 9.98 Å². The van der Waals surface area contributed by atoms with E-state index in [1.54, 1.807) is 12.3 Å². The normalized spacial score (nSPS) is 20.8. The minimum absolute atomic E-state index is 0.163. The molecule has 1 fully saturated rings. The van der Waals surface area contributed by atoms with Crippen LogP contribution in [0, 0.1) is 5.82 Å². The topological polar surface area (TPSA) is 101 Å². The Labute approximate surface area is 151 Å². The lowest BCUT2D eigenvalue weighted by atomic mass is 9.66. The van der Waals surface area contributed by atoms with Crippen molar-refractivity contribution in [3.05, 3.63) is 47.7 Å². The van der Waals surface area contributed by atoms with Gasteiger partial charge in [-0.1, -0.05) is 6.42 Å². The van der Waals surface area contributed by atoms with Gasteiger partial charge < -0.3 is 16.4 Å². The average Bonchev–Trinajstić information content (AvgIpc) is 3.12. The minimum atomic E-state index is -0.267. The highest BCUT2D eigenvalue weighted by atomic mass is 19.1. The lowest BCUT2D eigenvalue weighted by Gasteiger charge is -2.41. The van der Waals surface area contributed by atoms with E-state index < -0.39 is 0 Å². The number of anilines is 1. The number of nitrogens with zero attached hydrogens (tertiary/aromatic N) is 4. The lowest BCUT2D eigenvalue weighted by molar-refractivity contribution is 0.243. The van der Waals surface area contributed by atoms with E-state index in [0.29, 0.717) is 36.8 Å². The Morgan fingerprint density at radius 1 is 1.27 bits per heavy atom. The van der Waals surface area contributed by atoms with E-state index in [-0.39, 0.29) is 17.3 Å². The molecule has 26 heavy (non-hydrogen) atoms. The summed E-state index contributed by atoms with van der Waals surface area (Å²) in [5.74, 6) is 1.14. The summed E-state index contributed by atoms with van der Waals surface area (Å²) in [6.45, 7) is 1.78. The summed E-state index contributed by atoms with van der Waals surface area (Å²) in [4.78, 5) is 8.68. The quantitative estimate of drug-likeness (QED) is 0.720. The number of rotatable bonds is 6. The fraction of sp³-hybridized carbons (Fsp3) is 0.444. The van der Waals surface area contributed by atoms with Crippen molar-refractivity contribution in [2.24, 2.45) is 10.7 Å². The maximum atomic E-state index is 14.2. The second-order valence-corrected chi connectivity index (χ2v) is 6.89. The molecule has 1 aliphatic carbocycles. The van der Waals surface area contributed by atoms with Gasteiger partial charge >= 0.3 is 0 Å². The number of aromatic nitrogens is 3. The zero-order valence-electron chi connectivity index (χ0n) is 14.5. The lowest BCUT2D eigenvalue weighted by Crippen LogP contribution is -2.42. The number of amidine groups is 1. The van der Waals surface area contributed by atoms with Crippen LogP contribution < -0.4 is 16.4 Å². The monoisotopic (exact) mass is 355 g/mol.